The summed E-state index contributed by atoms with van der Waals surface area (Å²) in [4.78, 5) is 40.6. The van der Waals surface area contributed by atoms with Gasteiger partial charge in [0.1, 0.15) is 6.04 Å². The molecule has 1 atom stereocenters. The first-order chi connectivity index (χ1) is 12.3. The highest BCUT2D eigenvalue weighted by Gasteiger charge is 2.30. The Balaban J connectivity index is 2.09. The van der Waals surface area contributed by atoms with Crippen molar-refractivity contribution in [1.29, 1.82) is 0 Å². The number of amides is 3. The number of nitrogens with one attached hydrogen (secondary N) is 1. The molecule has 1 aliphatic rings. The zero-order valence-electron chi connectivity index (χ0n) is 15.5. The molecule has 0 aliphatic carbocycles. The SMILES string of the molecule is CC(=O)N1CCCN(C(=O)C(NC(=O)c2ccccc2Cl)C(C)C)CC1. The first kappa shape index (κ1) is 20.2. The molecule has 1 heterocycles. The van der Waals surface area contributed by atoms with E-state index in [1.807, 2.05) is 13.8 Å². The van der Waals surface area contributed by atoms with Crippen LogP contribution in [0, 0.1) is 5.92 Å². The highest BCUT2D eigenvalue weighted by Crippen LogP contribution is 2.16. The van der Waals surface area contributed by atoms with Crippen molar-refractivity contribution in [3.8, 4) is 0 Å². The maximum Gasteiger partial charge on any atom is 0.253 e. The third-order valence-corrected chi connectivity index (χ3v) is 4.92. The number of hydrogen-bond acceptors (Lipinski definition) is 3. The smallest absolute Gasteiger partial charge is 0.253 e. The standard InChI is InChI=1S/C19H26ClN3O3/c1-13(2)17(21-18(25)15-7-4-5-8-16(15)20)19(26)23-10-6-9-22(11-12-23)14(3)24/h4-5,7-8,13,17H,6,9-12H2,1-3H3,(H,21,25). The van der Waals surface area contributed by atoms with Crippen LogP contribution in [-0.4, -0.2) is 59.7 Å². The Morgan fingerprint density at radius 3 is 2.27 bits per heavy atom. The summed E-state index contributed by atoms with van der Waals surface area (Å²) < 4.78 is 0. The molecule has 1 fully saturated rings. The van der Waals surface area contributed by atoms with Gasteiger partial charge in [0.05, 0.1) is 10.6 Å². The van der Waals surface area contributed by atoms with Crippen LogP contribution < -0.4 is 5.32 Å². The maximum atomic E-state index is 13.0. The lowest BCUT2D eigenvalue weighted by molar-refractivity contribution is -0.135. The molecule has 3 amide bonds. The van der Waals surface area contributed by atoms with Gasteiger partial charge in [0.25, 0.3) is 5.91 Å². The molecule has 0 saturated carbocycles. The van der Waals surface area contributed by atoms with E-state index in [1.54, 1.807) is 34.1 Å². The molecule has 1 aromatic carbocycles. The van der Waals surface area contributed by atoms with Crippen molar-refractivity contribution >= 4 is 29.3 Å². The van der Waals surface area contributed by atoms with Gasteiger partial charge in [-0.15, -0.1) is 0 Å². The van der Waals surface area contributed by atoms with E-state index in [4.69, 9.17) is 11.6 Å². The van der Waals surface area contributed by atoms with Crippen molar-refractivity contribution in [1.82, 2.24) is 15.1 Å². The fourth-order valence-electron chi connectivity index (χ4n) is 3.03. The van der Waals surface area contributed by atoms with Crippen LogP contribution in [0.25, 0.3) is 0 Å². The molecule has 7 heteroatoms. The van der Waals surface area contributed by atoms with Crippen LogP contribution in [0.4, 0.5) is 0 Å². The summed E-state index contributed by atoms with van der Waals surface area (Å²) in [5, 5.41) is 3.18. The molecular formula is C19H26ClN3O3. The van der Waals surface area contributed by atoms with Crippen LogP contribution in [0.2, 0.25) is 5.02 Å². The minimum Gasteiger partial charge on any atom is -0.341 e. The molecule has 1 aromatic rings. The Morgan fingerprint density at radius 2 is 1.65 bits per heavy atom. The van der Waals surface area contributed by atoms with E-state index in [0.29, 0.717) is 36.8 Å². The number of halogens is 1. The quantitative estimate of drug-likeness (QED) is 0.871. The lowest BCUT2D eigenvalue weighted by Gasteiger charge is -2.29. The largest absolute Gasteiger partial charge is 0.341 e. The molecule has 1 aliphatic heterocycles. The molecule has 1 saturated heterocycles. The fourth-order valence-corrected chi connectivity index (χ4v) is 3.25. The van der Waals surface area contributed by atoms with Crippen LogP contribution >= 0.6 is 11.6 Å². The number of carbonyl (C=O) groups excluding carboxylic acids is 3. The van der Waals surface area contributed by atoms with Gasteiger partial charge in [0.2, 0.25) is 11.8 Å². The fraction of sp³-hybridized carbons (Fsp3) is 0.526. The van der Waals surface area contributed by atoms with Crippen LogP contribution in [0.1, 0.15) is 37.6 Å². The molecule has 26 heavy (non-hydrogen) atoms. The van der Waals surface area contributed by atoms with E-state index in [2.05, 4.69) is 5.32 Å². The van der Waals surface area contributed by atoms with E-state index < -0.39 is 6.04 Å². The first-order valence-corrected chi connectivity index (χ1v) is 9.28. The van der Waals surface area contributed by atoms with Crippen LogP contribution in [0.5, 0.6) is 0 Å². The van der Waals surface area contributed by atoms with E-state index in [1.165, 1.54) is 6.92 Å². The molecule has 0 radical (unpaired) electrons. The second-order valence-corrected chi connectivity index (χ2v) is 7.27. The Bertz CT molecular complexity index is 678. The van der Waals surface area contributed by atoms with Crippen molar-refractivity contribution in [3.63, 3.8) is 0 Å². The Labute approximate surface area is 159 Å². The van der Waals surface area contributed by atoms with E-state index in [-0.39, 0.29) is 23.6 Å². The molecule has 1 N–H and O–H groups in total. The molecule has 6 nitrogen and oxygen atoms in total. The summed E-state index contributed by atoms with van der Waals surface area (Å²) in [6, 6.07) is 6.13. The molecular weight excluding hydrogens is 354 g/mol. The minimum absolute atomic E-state index is 0.0201. The first-order valence-electron chi connectivity index (χ1n) is 8.91. The normalized spacial score (nSPS) is 16.2. The Morgan fingerprint density at radius 1 is 1.04 bits per heavy atom. The number of carbonyl (C=O) groups is 3. The van der Waals surface area contributed by atoms with E-state index in [0.717, 1.165) is 6.42 Å². The van der Waals surface area contributed by atoms with Crippen molar-refractivity contribution in [2.75, 3.05) is 26.2 Å². The van der Waals surface area contributed by atoms with Gasteiger partial charge in [-0.05, 0) is 24.5 Å². The predicted octanol–water partition coefficient (Wildman–Crippen LogP) is 2.18. The van der Waals surface area contributed by atoms with Gasteiger partial charge in [-0.3, -0.25) is 14.4 Å². The van der Waals surface area contributed by atoms with Gasteiger partial charge in [-0.25, -0.2) is 0 Å². The number of rotatable bonds is 4. The third kappa shape index (κ3) is 4.97. The zero-order valence-corrected chi connectivity index (χ0v) is 16.3. The summed E-state index contributed by atoms with van der Waals surface area (Å²) in [6.07, 6.45) is 0.731. The third-order valence-electron chi connectivity index (χ3n) is 4.59. The Hall–Kier alpha value is -2.08. The number of benzene rings is 1. The molecule has 2 rings (SSSR count). The average Bonchev–Trinajstić information content (AvgIpc) is 2.85. The van der Waals surface area contributed by atoms with Crippen LogP contribution in [-0.2, 0) is 9.59 Å². The van der Waals surface area contributed by atoms with Gasteiger partial charge in [0.15, 0.2) is 0 Å². The lowest BCUT2D eigenvalue weighted by atomic mass is 10.0. The van der Waals surface area contributed by atoms with Gasteiger partial charge >= 0.3 is 0 Å². The molecule has 0 aromatic heterocycles. The van der Waals surface area contributed by atoms with Crippen LogP contribution in [0.3, 0.4) is 0 Å². The lowest BCUT2D eigenvalue weighted by Crippen LogP contribution is -2.52. The maximum absolute atomic E-state index is 13.0. The van der Waals surface area contributed by atoms with Crippen molar-refractivity contribution in [2.45, 2.75) is 33.2 Å². The topological polar surface area (TPSA) is 69.7 Å². The molecule has 0 bridgehead atoms. The van der Waals surface area contributed by atoms with Crippen molar-refractivity contribution in [3.05, 3.63) is 34.9 Å². The average molecular weight is 380 g/mol. The molecule has 142 valence electrons. The Kier molecular flexibility index (Phi) is 7.03. The van der Waals surface area contributed by atoms with Gasteiger partial charge in [-0.2, -0.15) is 0 Å². The summed E-state index contributed by atoms with van der Waals surface area (Å²) in [5.41, 5.74) is 0.353. The number of nitrogens with zero attached hydrogens (tertiary/aromatic N) is 2. The number of hydrogen-bond donors (Lipinski definition) is 1. The van der Waals surface area contributed by atoms with Gasteiger partial charge in [-0.1, -0.05) is 37.6 Å². The highest BCUT2D eigenvalue weighted by atomic mass is 35.5. The second-order valence-electron chi connectivity index (χ2n) is 6.86. The monoisotopic (exact) mass is 379 g/mol. The summed E-state index contributed by atoms with van der Waals surface area (Å²) >= 11 is 6.08. The van der Waals surface area contributed by atoms with Gasteiger partial charge in [0, 0.05) is 33.1 Å². The molecule has 1 unspecified atom stereocenters. The zero-order chi connectivity index (χ0) is 19.3. The van der Waals surface area contributed by atoms with Crippen molar-refractivity contribution < 1.29 is 14.4 Å². The summed E-state index contributed by atoms with van der Waals surface area (Å²) in [7, 11) is 0. The predicted molar refractivity (Wildman–Crippen MR) is 101 cm³/mol. The summed E-state index contributed by atoms with van der Waals surface area (Å²) in [5.74, 6) is -0.526. The highest BCUT2D eigenvalue weighted by molar-refractivity contribution is 6.33. The van der Waals surface area contributed by atoms with Crippen LogP contribution in [0.15, 0.2) is 24.3 Å². The second kappa shape index (κ2) is 9.03. The molecule has 0 spiro atoms. The van der Waals surface area contributed by atoms with Gasteiger partial charge < -0.3 is 15.1 Å². The van der Waals surface area contributed by atoms with E-state index in [9.17, 15) is 14.4 Å². The summed E-state index contributed by atoms with van der Waals surface area (Å²) in [6.45, 7) is 7.56. The van der Waals surface area contributed by atoms with E-state index >= 15 is 0 Å². The van der Waals surface area contributed by atoms with Crippen molar-refractivity contribution in [2.24, 2.45) is 5.92 Å². The minimum atomic E-state index is -0.636.